The first-order valence-corrected chi connectivity index (χ1v) is 6.18. The summed E-state index contributed by atoms with van der Waals surface area (Å²) in [5, 5.41) is 3.06. The summed E-state index contributed by atoms with van der Waals surface area (Å²) in [6.45, 7) is 1.97. The van der Waals surface area contributed by atoms with E-state index < -0.39 is 12.2 Å². The number of nitrogens with zero attached hydrogens (tertiary/aromatic N) is 1. The molecule has 1 saturated heterocycles. The topological polar surface area (TPSA) is 24.5 Å². The number of rotatable bonds is 3. The minimum Gasteiger partial charge on any atom is -0.497 e. The Balaban J connectivity index is 0.00000200. The summed E-state index contributed by atoms with van der Waals surface area (Å²) in [7, 11) is 1.49. The van der Waals surface area contributed by atoms with Crippen LogP contribution in [0.4, 0.5) is 13.2 Å². The Morgan fingerprint density at radius 1 is 1.10 bits per heavy atom. The zero-order valence-corrected chi connectivity index (χ0v) is 13.2. The maximum absolute atomic E-state index is 13.3. The van der Waals surface area contributed by atoms with Gasteiger partial charge in [0.15, 0.2) is 0 Å². The number of benzene rings is 1. The fraction of sp³-hybridized carbons (Fsp3) is 0.538. The zero-order valence-electron chi connectivity index (χ0n) is 11.5. The number of hydrogen-bond donors (Lipinski definition) is 1. The van der Waals surface area contributed by atoms with Gasteiger partial charge in [0, 0.05) is 26.2 Å². The number of piperazine rings is 1. The summed E-state index contributed by atoms with van der Waals surface area (Å²) in [5.74, 6) is 0.560. The van der Waals surface area contributed by atoms with Gasteiger partial charge in [-0.2, -0.15) is 13.2 Å². The number of alkyl halides is 3. The van der Waals surface area contributed by atoms with Crippen LogP contribution < -0.4 is 10.1 Å². The van der Waals surface area contributed by atoms with Gasteiger partial charge in [-0.05, 0) is 17.7 Å². The van der Waals surface area contributed by atoms with Crippen molar-refractivity contribution in [2.45, 2.75) is 12.2 Å². The van der Waals surface area contributed by atoms with Gasteiger partial charge in [0.1, 0.15) is 11.8 Å². The van der Waals surface area contributed by atoms with E-state index in [0.717, 1.165) is 0 Å². The minimum atomic E-state index is -4.27. The molecule has 0 amide bonds. The molecule has 1 N–H and O–H groups in total. The Labute approximate surface area is 134 Å². The van der Waals surface area contributed by atoms with Crippen molar-refractivity contribution in [3.05, 3.63) is 29.8 Å². The lowest BCUT2D eigenvalue weighted by Gasteiger charge is -2.36. The predicted octanol–water partition coefficient (Wildman–Crippen LogP) is 3.05. The van der Waals surface area contributed by atoms with Gasteiger partial charge in [-0.3, -0.25) is 4.90 Å². The quantitative estimate of drug-likeness (QED) is 0.910. The standard InChI is InChI=1S/C13H17F3N2O.2ClH/c1-19-11-4-2-10(3-5-11)12(13(14,15)16)18-8-6-17-7-9-18;;/h2-5,12,17H,6-9H2,1H3;2*1H/t12-;;/m0../s1. The summed E-state index contributed by atoms with van der Waals surface area (Å²) in [4.78, 5) is 1.47. The van der Waals surface area contributed by atoms with Crippen molar-refractivity contribution in [1.82, 2.24) is 10.2 Å². The largest absolute Gasteiger partial charge is 0.497 e. The lowest BCUT2D eigenvalue weighted by atomic mass is 10.0. The Morgan fingerprint density at radius 3 is 2.05 bits per heavy atom. The number of hydrogen-bond acceptors (Lipinski definition) is 3. The summed E-state index contributed by atoms with van der Waals surface area (Å²) in [6.07, 6.45) is -4.27. The Morgan fingerprint density at radius 2 is 1.62 bits per heavy atom. The Bertz CT molecular complexity index is 409. The first kappa shape index (κ1) is 20.3. The SMILES string of the molecule is COc1ccc([C@H](N2CCNCC2)C(F)(F)F)cc1.Cl.Cl. The highest BCUT2D eigenvalue weighted by atomic mass is 35.5. The molecule has 21 heavy (non-hydrogen) atoms. The molecule has 0 radical (unpaired) electrons. The average Bonchev–Trinajstić information content (AvgIpc) is 2.39. The second-order valence-corrected chi connectivity index (χ2v) is 4.50. The smallest absolute Gasteiger partial charge is 0.408 e. The lowest BCUT2D eigenvalue weighted by Crippen LogP contribution is -2.49. The molecule has 1 heterocycles. The highest BCUT2D eigenvalue weighted by molar-refractivity contribution is 5.85. The summed E-state index contributed by atoms with van der Waals surface area (Å²) < 4.78 is 44.8. The van der Waals surface area contributed by atoms with Crippen LogP contribution in [0.3, 0.4) is 0 Å². The van der Waals surface area contributed by atoms with Crippen LogP contribution in [-0.4, -0.2) is 44.4 Å². The van der Waals surface area contributed by atoms with Gasteiger partial charge >= 0.3 is 6.18 Å². The van der Waals surface area contributed by atoms with Crippen molar-refractivity contribution < 1.29 is 17.9 Å². The molecule has 0 bridgehead atoms. The van der Waals surface area contributed by atoms with Crippen molar-refractivity contribution >= 4 is 24.8 Å². The van der Waals surface area contributed by atoms with Gasteiger partial charge < -0.3 is 10.1 Å². The molecule has 8 heteroatoms. The van der Waals surface area contributed by atoms with Crippen LogP contribution in [0, 0.1) is 0 Å². The first-order valence-electron chi connectivity index (χ1n) is 6.18. The molecule has 1 aromatic rings. The molecule has 3 nitrogen and oxygen atoms in total. The molecule has 0 unspecified atom stereocenters. The summed E-state index contributed by atoms with van der Waals surface area (Å²) in [5.41, 5.74) is 0.259. The van der Waals surface area contributed by atoms with Crippen molar-refractivity contribution in [1.29, 1.82) is 0 Å². The molecule has 1 aliphatic rings. The monoisotopic (exact) mass is 346 g/mol. The van der Waals surface area contributed by atoms with Gasteiger partial charge in [0.25, 0.3) is 0 Å². The highest BCUT2D eigenvalue weighted by Crippen LogP contribution is 2.38. The van der Waals surface area contributed by atoms with E-state index >= 15 is 0 Å². The minimum absolute atomic E-state index is 0. The number of halogens is 5. The van der Waals surface area contributed by atoms with Crippen molar-refractivity contribution in [3.8, 4) is 5.75 Å². The Kier molecular flexibility index (Phi) is 8.39. The number of ether oxygens (including phenoxy) is 1. The van der Waals surface area contributed by atoms with Crippen LogP contribution in [0.1, 0.15) is 11.6 Å². The van der Waals surface area contributed by atoms with Crippen LogP contribution >= 0.6 is 24.8 Å². The van der Waals surface area contributed by atoms with Crippen LogP contribution in [0.2, 0.25) is 0 Å². The third-order valence-corrected chi connectivity index (χ3v) is 3.26. The molecule has 2 rings (SSSR count). The van der Waals surface area contributed by atoms with Gasteiger partial charge in [0.05, 0.1) is 7.11 Å². The van der Waals surface area contributed by atoms with E-state index in [4.69, 9.17) is 4.74 Å². The van der Waals surface area contributed by atoms with Gasteiger partial charge in [-0.15, -0.1) is 24.8 Å². The molecular weight excluding hydrogens is 328 g/mol. The van der Waals surface area contributed by atoms with Crippen LogP contribution in [-0.2, 0) is 0 Å². The van der Waals surface area contributed by atoms with E-state index in [1.54, 1.807) is 12.1 Å². The normalized spacial score (nSPS) is 17.3. The Hall–Kier alpha value is -0.690. The second kappa shape index (κ2) is 8.68. The van der Waals surface area contributed by atoms with Gasteiger partial charge in [-0.25, -0.2) is 0 Å². The first-order chi connectivity index (χ1) is 9.02. The van der Waals surface area contributed by atoms with Crippen LogP contribution in [0.25, 0.3) is 0 Å². The second-order valence-electron chi connectivity index (χ2n) is 4.50. The number of nitrogens with one attached hydrogen (secondary N) is 1. The van der Waals surface area contributed by atoms with E-state index in [9.17, 15) is 13.2 Å². The van der Waals surface area contributed by atoms with Crippen molar-refractivity contribution in [2.24, 2.45) is 0 Å². The fourth-order valence-corrected chi connectivity index (χ4v) is 2.33. The average molecular weight is 347 g/mol. The van der Waals surface area contributed by atoms with Crippen LogP contribution in [0.15, 0.2) is 24.3 Å². The lowest BCUT2D eigenvalue weighted by molar-refractivity contribution is -0.187. The zero-order chi connectivity index (χ0) is 13.9. The van der Waals surface area contributed by atoms with Gasteiger partial charge in [-0.1, -0.05) is 12.1 Å². The fourth-order valence-electron chi connectivity index (χ4n) is 2.33. The summed E-state index contributed by atoms with van der Waals surface area (Å²) in [6, 6.07) is 4.56. The molecular formula is C13H19Cl2F3N2O. The molecule has 1 aliphatic heterocycles. The molecule has 0 spiro atoms. The van der Waals surface area contributed by atoms with E-state index in [-0.39, 0.29) is 30.4 Å². The molecule has 1 fully saturated rings. The third-order valence-electron chi connectivity index (χ3n) is 3.26. The van der Waals surface area contributed by atoms with E-state index in [1.165, 1.54) is 24.1 Å². The third kappa shape index (κ3) is 5.21. The van der Waals surface area contributed by atoms with Crippen molar-refractivity contribution in [3.63, 3.8) is 0 Å². The molecule has 1 atom stereocenters. The van der Waals surface area contributed by atoms with Crippen LogP contribution in [0.5, 0.6) is 5.75 Å². The maximum atomic E-state index is 13.3. The number of methoxy groups -OCH3 is 1. The molecule has 1 aromatic carbocycles. The molecule has 122 valence electrons. The van der Waals surface area contributed by atoms with E-state index in [0.29, 0.717) is 31.9 Å². The molecule has 0 aromatic heterocycles. The van der Waals surface area contributed by atoms with E-state index in [2.05, 4.69) is 5.32 Å². The predicted molar refractivity (Wildman–Crippen MR) is 80.7 cm³/mol. The van der Waals surface area contributed by atoms with Crippen molar-refractivity contribution in [2.75, 3.05) is 33.3 Å². The highest BCUT2D eigenvalue weighted by Gasteiger charge is 2.44. The van der Waals surface area contributed by atoms with Gasteiger partial charge in [0.2, 0.25) is 0 Å². The maximum Gasteiger partial charge on any atom is 0.408 e. The van der Waals surface area contributed by atoms with E-state index in [1.807, 2.05) is 0 Å². The molecule has 0 aliphatic carbocycles. The summed E-state index contributed by atoms with van der Waals surface area (Å²) >= 11 is 0. The molecule has 0 saturated carbocycles.